The number of benzene rings is 2. The van der Waals surface area contributed by atoms with E-state index in [0.717, 1.165) is 27.9 Å². The number of nitrogens with one attached hydrogen (secondary N) is 1. The molecule has 1 amide bonds. The topological polar surface area (TPSA) is 93.5 Å². The lowest BCUT2D eigenvalue weighted by molar-refractivity contribution is -0.126. The van der Waals surface area contributed by atoms with Crippen molar-refractivity contribution in [3.63, 3.8) is 0 Å². The number of ether oxygens (including phenoxy) is 1. The Labute approximate surface area is 196 Å². The number of piperidine rings is 1. The number of halogens is 2. The molecule has 180 valence electrons. The molecule has 3 aromatic rings. The van der Waals surface area contributed by atoms with Gasteiger partial charge in [0.2, 0.25) is 15.9 Å². The number of methoxy groups -OCH3 is 1. The van der Waals surface area contributed by atoms with Crippen LogP contribution in [0, 0.1) is 17.6 Å². The van der Waals surface area contributed by atoms with Crippen molar-refractivity contribution >= 4 is 15.9 Å². The molecule has 0 bridgehead atoms. The van der Waals surface area contributed by atoms with Gasteiger partial charge in [-0.2, -0.15) is 9.40 Å². The fourth-order valence-corrected chi connectivity index (χ4v) is 5.37. The Hall–Kier alpha value is -3.31. The Morgan fingerprint density at radius 2 is 1.82 bits per heavy atom. The summed E-state index contributed by atoms with van der Waals surface area (Å²) in [7, 11) is -2.59. The average Bonchev–Trinajstić information content (AvgIpc) is 3.33. The van der Waals surface area contributed by atoms with Crippen LogP contribution >= 0.6 is 0 Å². The smallest absolute Gasteiger partial charge is 0.246 e. The molecule has 0 aliphatic carbocycles. The van der Waals surface area contributed by atoms with Gasteiger partial charge in [0, 0.05) is 25.2 Å². The van der Waals surface area contributed by atoms with E-state index in [2.05, 4.69) is 10.4 Å². The Balaban J connectivity index is 1.31. The fraction of sp³-hybridized carbons (Fsp3) is 0.304. The van der Waals surface area contributed by atoms with Crippen LogP contribution in [0.4, 0.5) is 8.78 Å². The minimum absolute atomic E-state index is 0.0441. The lowest BCUT2D eigenvalue weighted by atomic mass is 9.97. The molecule has 1 aliphatic heterocycles. The molecular weight excluding hydrogens is 466 g/mol. The molecule has 1 N–H and O–H groups in total. The second-order valence-electron chi connectivity index (χ2n) is 7.92. The standard InChI is InChI=1S/C23H24F2N4O4S/c1-33-20-5-3-19(4-6-20)29-13-10-18(27-29)15-26-23(30)16-8-11-28(12-9-16)34(31,32)22-14-17(24)2-7-21(22)25/h2-7,10,13-14,16H,8-9,11-12,15H2,1H3,(H,26,30). The van der Waals surface area contributed by atoms with Gasteiger partial charge in [-0.25, -0.2) is 21.9 Å². The van der Waals surface area contributed by atoms with Crippen LogP contribution in [0.1, 0.15) is 18.5 Å². The maximum Gasteiger partial charge on any atom is 0.246 e. The molecule has 1 fully saturated rings. The molecule has 4 rings (SSSR count). The van der Waals surface area contributed by atoms with Crippen LogP contribution in [0.3, 0.4) is 0 Å². The second kappa shape index (κ2) is 9.90. The molecule has 0 saturated carbocycles. The third-order valence-electron chi connectivity index (χ3n) is 5.76. The molecule has 1 aliphatic rings. The normalized spacial score (nSPS) is 15.3. The number of hydrogen-bond acceptors (Lipinski definition) is 5. The zero-order chi connectivity index (χ0) is 24.3. The Morgan fingerprint density at radius 3 is 2.50 bits per heavy atom. The average molecular weight is 491 g/mol. The van der Waals surface area contributed by atoms with Gasteiger partial charge in [-0.1, -0.05) is 0 Å². The first-order valence-electron chi connectivity index (χ1n) is 10.7. The zero-order valence-electron chi connectivity index (χ0n) is 18.4. The molecule has 2 aromatic carbocycles. The molecule has 0 radical (unpaired) electrons. The van der Waals surface area contributed by atoms with Crippen LogP contribution in [0.25, 0.3) is 5.69 Å². The van der Waals surface area contributed by atoms with Crippen LogP contribution in [-0.2, 0) is 21.4 Å². The van der Waals surface area contributed by atoms with Gasteiger partial charge >= 0.3 is 0 Å². The summed E-state index contributed by atoms with van der Waals surface area (Å²) in [5.74, 6) is -1.68. The molecule has 8 nitrogen and oxygen atoms in total. The van der Waals surface area contributed by atoms with Crippen LogP contribution in [0.15, 0.2) is 59.6 Å². The summed E-state index contributed by atoms with van der Waals surface area (Å²) in [6, 6.07) is 11.5. The predicted molar refractivity (Wildman–Crippen MR) is 120 cm³/mol. The Bertz CT molecular complexity index is 1270. The maximum atomic E-state index is 14.0. The molecule has 2 heterocycles. The van der Waals surface area contributed by atoms with E-state index in [4.69, 9.17) is 4.74 Å². The first-order chi connectivity index (χ1) is 16.3. The summed E-state index contributed by atoms with van der Waals surface area (Å²) in [6.07, 6.45) is 2.35. The number of hydrogen-bond donors (Lipinski definition) is 1. The molecule has 11 heteroatoms. The van der Waals surface area contributed by atoms with Crippen molar-refractivity contribution in [3.05, 3.63) is 72.1 Å². The van der Waals surface area contributed by atoms with Crippen LogP contribution in [-0.4, -0.2) is 48.6 Å². The quantitative estimate of drug-likeness (QED) is 0.550. The van der Waals surface area contributed by atoms with Gasteiger partial charge in [0.05, 0.1) is 25.0 Å². The van der Waals surface area contributed by atoms with E-state index < -0.39 is 26.6 Å². The van der Waals surface area contributed by atoms with E-state index in [9.17, 15) is 22.0 Å². The summed E-state index contributed by atoms with van der Waals surface area (Å²) in [5, 5.41) is 7.30. The van der Waals surface area contributed by atoms with Crippen molar-refractivity contribution in [2.45, 2.75) is 24.3 Å². The number of aromatic nitrogens is 2. The van der Waals surface area contributed by atoms with E-state index in [0.29, 0.717) is 11.8 Å². The summed E-state index contributed by atoms with van der Waals surface area (Å²) in [6.45, 7) is 0.319. The van der Waals surface area contributed by atoms with Crippen molar-refractivity contribution in [1.29, 1.82) is 0 Å². The maximum absolute atomic E-state index is 14.0. The molecule has 1 aromatic heterocycles. The van der Waals surface area contributed by atoms with Crippen molar-refractivity contribution < 1.29 is 26.7 Å². The summed E-state index contributed by atoms with van der Waals surface area (Å²) >= 11 is 0. The van der Waals surface area contributed by atoms with Crippen LogP contribution < -0.4 is 10.1 Å². The van der Waals surface area contributed by atoms with E-state index in [1.165, 1.54) is 0 Å². The highest BCUT2D eigenvalue weighted by atomic mass is 32.2. The number of carbonyl (C=O) groups excluding carboxylic acids is 1. The predicted octanol–water partition coefficient (Wildman–Crippen LogP) is 2.88. The minimum Gasteiger partial charge on any atom is -0.497 e. The number of rotatable bonds is 7. The summed E-state index contributed by atoms with van der Waals surface area (Å²) in [5.41, 5.74) is 1.52. The highest BCUT2D eigenvalue weighted by Gasteiger charge is 2.33. The third-order valence-corrected chi connectivity index (χ3v) is 7.67. The number of amides is 1. The fourth-order valence-electron chi connectivity index (χ4n) is 3.83. The SMILES string of the molecule is COc1ccc(-n2ccc(CNC(=O)C3CCN(S(=O)(=O)c4cc(F)ccc4F)CC3)n2)cc1. The first-order valence-corrected chi connectivity index (χ1v) is 12.1. The molecule has 0 unspecified atom stereocenters. The highest BCUT2D eigenvalue weighted by molar-refractivity contribution is 7.89. The third kappa shape index (κ3) is 5.10. The monoisotopic (exact) mass is 490 g/mol. The van der Waals surface area contributed by atoms with Gasteiger partial charge in [-0.3, -0.25) is 4.79 Å². The molecule has 1 saturated heterocycles. The lowest BCUT2D eigenvalue weighted by Gasteiger charge is -2.30. The largest absolute Gasteiger partial charge is 0.497 e. The van der Waals surface area contributed by atoms with Crippen molar-refractivity contribution in [2.24, 2.45) is 5.92 Å². The van der Waals surface area contributed by atoms with Crippen molar-refractivity contribution in [2.75, 3.05) is 20.2 Å². The molecular formula is C23H24F2N4O4S. The molecule has 0 atom stereocenters. The van der Waals surface area contributed by atoms with Crippen molar-refractivity contribution in [1.82, 2.24) is 19.4 Å². The molecule has 0 spiro atoms. The van der Waals surface area contributed by atoms with E-state index in [1.807, 2.05) is 24.3 Å². The van der Waals surface area contributed by atoms with Gasteiger partial charge < -0.3 is 10.1 Å². The number of sulfonamides is 1. The van der Waals surface area contributed by atoms with E-state index in [1.54, 1.807) is 24.1 Å². The number of nitrogens with zero attached hydrogens (tertiary/aromatic N) is 3. The number of carbonyl (C=O) groups is 1. The Kier molecular flexibility index (Phi) is 6.94. The summed E-state index contributed by atoms with van der Waals surface area (Å²) in [4.78, 5) is 11.9. The second-order valence-corrected chi connectivity index (χ2v) is 9.83. The first kappa shape index (κ1) is 23.8. The van der Waals surface area contributed by atoms with Gasteiger partial charge in [-0.15, -0.1) is 0 Å². The lowest BCUT2D eigenvalue weighted by Crippen LogP contribution is -2.43. The van der Waals surface area contributed by atoms with Gasteiger partial charge in [0.25, 0.3) is 0 Å². The van der Waals surface area contributed by atoms with Crippen molar-refractivity contribution in [3.8, 4) is 11.4 Å². The van der Waals surface area contributed by atoms with E-state index in [-0.39, 0.29) is 44.3 Å². The van der Waals surface area contributed by atoms with Gasteiger partial charge in [0.1, 0.15) is 22.3 Å². The Morgan fingerprint density at radius 1 is 1.12 bits per heavy atom. The van der Waals surface area contributed by atoms with Crippen LogP contribution in [0.2, 0.25) is 0 Å². The van der Waals surface area contributed by atoms with E-state index >= 15 is 0 Å². The zero-order valence-corrected chi connectivity index (χ0v) is 19.3. The van der Waals surface area contributed by atoms with Gasteiger partial charge in [-0.05, 0) is 61.4 Å². The van der Waals surface area contributed by atoms with Crippen LogP contribution in [0.5, 0.6) is 5.75 Å². The summed E-state index contributed by atoms with van der Waals surface area (Å²) < 4.78 is 60.8. The molecule has 34 heavy (non-hydrogen) atoms. The highest BCUT2D eigenvalue weighted by Crippen LogP contribution is 2.26. The van der Waals surface area contributed by atoms with Gasteiger partial charge in [0.15, 0.2) is 0 Å². The minimum atomic E-state index is -4.18.